The minimum Gasteiger partial charge on any atom is -0.259 e. The quantitative estimate of drug-likeness (QED) is 0.499. The van der Waals surface area contributed by atoms with Gasteiger partial charge in [0, 0.05) is 16.7 Å². The minimum atomic E-state index is -0.629. The molecule has 0 saturated heterocycles. The van der Waals surface area contributed by atoms with Crippen molar-refractivity contribution in [3.05, 3.63) is 56.5 Å². The minimum absolute atomic E-state index is 0.249. The number of nitrogens with zero attached hydrogens (tertiary/aromatic N) is 1. The number of fused-ring (bicyclic) bond motifs is 1. The van der Waals surface area contributed by atoms with E-state index in [1.807, 2.05) is 30.5 Å². The van der Waals surface area contributed by atoms with Crippen molar-refractivity contribution in [2.45, 2.75) is 24.7 Å². The molecule has 0 saturated carbocycles. The first-order chi connectivity index (χ1) is 8.22. The average molecular weight is 249 g/mol. The van der Waals surface area contributed by atoms with E-state index in [1.54, 1.807) is 0 Å². The molecule has 0 bridgehead atoms. The smallest absolute Gasteiger partial charge is 0.251 e. The zero-order valence-corrected chi connectivity index (χ0v) is 10.6. The van der Waals surface area contributed by atoms with E-state index in [0.717, 1.165) is 6.42 Å². The fraction of sp³-hybridized carbons (Fsp3) is 0.231. The molecule has 3 nitrogen and oxygen atoms in total. The van der Waals surface area contributed by atoms with E-state index in [4.69, 9.17) is 0 Å². The lowest BCUT2D eigenvalue weighted by molar-refractivity contribution is -0.427. The van der Waals surface area contributed by atoms with Gasteiger partial charge in [-0.05, 0) is 29.5 Å². The maximum atomic E-state index is 10.9. The molecular weight excluding hydrogens is 234 g/mol. The second kappa shape index (κ2) is 5.19. The van der Waals surface area contributed by atoms with Crippen molar-refractivity contribution < 1.29 is 4.92 Å². The van der Waals surface area contributed by atoms with Gasteiger partial charge in [-0.15, -0.1) is 0 Å². The van der Waals surface area contributed by atoms with Crippen molar-refractivity contribution in [1.29, 1.82) is 0 Å². The molecule has 1 heterocycles. The molecule has 1 aliphatic heterocycles. The van der Waals surface area contributed by atoms with Gasteiger partial charge in [-0.2, -0.15) is 10.9 Å². The number of hydrogen-bond acceptors (Lipinski definition) is 2. The Morgan fingerprint density at radius 3 is 2.94 bits per heavy atom. The molecule has 2 rings (SSSR count). The van der Waals surface area contributed by atoms with Crippen LogP contribution in [0.4, 0.5) is 0 Å². The van der Waals surface area contributed by atoms with Gasteiger partial charge >= 0.3 is 0 Å². The summed E-state index contributed by atoms with van der Waals surface area (Å²) in [5, 5.41) is 14.8. The third kappa shape index (κ3) is 2.58. The fourth-order valence-corrected chi connectivity index (χ4v) is 3.79. The van der Waals surface area contributed by atoms with Crippen molar-refractivity contribution in [2.75, 3.05) is 0 Å². The molecule has 90 valence electrons. The molecule has 0 spiro atoms. The molecule has 1 aliphatic rings. The number of benzene rings is 1. The predicted molar refractivity (Wildman–Crippen MR) is 72.7 cm³/mol. The van der Waals surface area contributed by atoms with Gasteiger partial charge in [0.1, 0.15) is 0 Å². The van der Waals surface area contributed by atoms with Crippen LogP contribution in [0.25, 0.3) is 6.08 Å². The van der Waals surface area contributed by atoms with Gasteiger partial charge < -0.3 is 0 Å². The maximum Gasteiger partial charge on any atom is 0.251 e. The summed E-state index contributed by atoms with van der Waals surface area (Å²) in [5.74, 6) is 0. The molecule has 17 heavy (non-hydrogen) atoms. The normalized spacial score (nSPS) is 20.3. The van der Waals surface area contributed by atoms with Crippen LogP contribution in [0.2, 0.25) is 0 Å². The SMILES string of the molecule is CCCC(=C[SH]1C=Cc2ccccc21)[N+](=O)[O-]. The summed E-state index contributed by atoms with van der Waals surface area (Å²) in [6.45, 7) is 1.96. The molecule has 0 N–H and O–H groups in total. The molecule has 0 aromatic heterocycles. The standard InChI is InChI=1S/C13H15NO2S/c1-2-5-12(14(15)16)10-17-9-8-11-6-3-4-7-13(11)17/h3-4,6-10,17H,2,5H2,1H3. The Balaban J connectivity index is 2.28. The van der Waals surface area contributed by atoms with E-state index in [9.17, 15) is 10.1 Å². The van der Waals surface area contributed by atoms with Crippen molar-refractivity contribution in [2.24, 2.45) is 0 Å². The van der Waals surface area contributed by atoms with E-state index in [1.165, 1.54) is 10.5 Å². The zero-order valence-electron chi connectivity index (χ0n) is 9.67. The van der Waals surface area contributed by atoms with Crippen LogP contribution in [0.5, 0.6) is 0 Å². The first kappa shape index (κ1) is 11.9. The van der Waals surface area contributed by atoms with E-state index < -0.39 is 10.9 Å². The van der Waals surface area contributed by atoms with Crippen LogP contribution in [0.15, 0.2) is 45.7 Å². The van der Waals surface area contributed by atoms with Crippen molar-refractivity contribution >= 4 is 17.0 Å². The summed E-state index contributed by atoms with van der Waals surface area (Å²) in [6, 6.07) is 8.08. The summed E-state index contributed by atoms with van der Waals surface area (Å²) in [7, 11) is -0.629. The summed E-state index contributed by atoms with van der Waals surface area (Å²) >= 11 is 0. The van der Waals surface area contributed by atoms with Gasteiger partial charge in [0.25, 0.3) is 5.70 Å². The highest BCUT2D eigenvalue weighted by atomic mass is 32.2. The number of nitro groups is 1. The second-order valence-electron chi connectivity index (χ2n) is 3.91. The summed E-state index contributed by atoms with van der Waals surface area (Å²) in [4.78, 5) is 11.9. The van der Waals surface area contributed by atoms with E-state index in [0.29, 0.717) is 12.1 Å². The second-order valence-corrected chi connectivity index (χ2v) is 5.76. The van der Waals surface area contributed by atoms with Crippen LogP contribution >= 0.6 is 10.9 Å². The Bertz CT molecular complexity index is 494. The highest BCUT2D eigenvalue weighted by Crippen LogP contribution is 2.47. The zero-order chi connectivity index (χ0) is 12.3. The van der Waals surface area contributed by atoms with Crippen LogP contribution in [0.3, 0.4) is 0 Å². The molecule has 0 aliphatic carbocycles. The largest absolute Gasteiger partial charge is 0.259 e. The lowest BCUT2D eigenvalue weighted by Crippen LogP contribution is -1.98. The Hall–Kier alpha value is -1.55. The van der Waals surface area contributed by atoms with Crippen molar-refractivity contribution in [3.8, 4) is 0 Å². The third-order valence-electron chi connectivity index (χ3n) is 2.66. The van der Waals surface area contributed by atoms with Crippen LogP contribution in [0.1, 0.15) is 25.3 Å². The highest BCUT2D eigenvalue weighted by molar-refractivity contribution is 8.22. The lowest BCUT2D eigenvalue weighted by atomic mass is 10.2. The maximum absolute atomic E-state index is 10.9. The Kier molecular flexibility index (Phi) is 3.64. The van der Waals surface area contributed by atoms with E-state index in [-0.39, 0.29) is 4.92 Å². The Morgan fingerprint density at radius 2 is 2.24 bits per heavy atom. The van der Waals surface area contributed by atoms with Crippen LogP contribution < -0.4 is 0 Å². The van der Waals surface area contributed by atoms with Gasteiger partial charge in [0.05, 0.1) is 4.92 Å². The van der Waals surface area contributed by atoms with Crippen LogP contribution in [0, 0.1) is 10.1 Å². The highest BCUT2D eigenvalue weighted by Gasteiger charge is 2.16. The molecule has 0 radical (unpaired) electrons. The molecule has 4 heteroatoms. The third-order valence-corrected chi connectivity index (χ3v) is 4.67. The van der Waals surface area contributed by atoms with Gasteiger partial charge in [-0.1, -0.05) is 25.1 Å². The molecule has 1 aromatic rings. The summed E-state index contributed by atoms with van der Waals surface area (Å²) in [6.07, 6.45) is 3.41. The topological polar surface area (TPSA) is 43.1 Å². The first-order valence-electron chi connectivity index (χ1n) is 5.63. The fourth-order valence-electron chi connectivity index (χ4n) is 1.84. The summed E-state index contributed by atoms with van der Waals surface area (Å²) in [5.41, 5.74) is 1.54. The number of thiol groups is 1. The molecular formula is C13H15NO2S. The van der Waals surface area contributed by atoms with Crippen molar-refractivity contribution in [1.82, 2.24) is 0 Å². The molecule has 0 fully saturated rings. The Morgan fingerprint density at radius 1 is 1.47 bits per heavy atom. The molecule has 1 atom stereocenters. The van der Waals surface area contributed by atoms with Crippen LogP contribution in [-0.2, 0) is 0 Å². The number of hydrogen-bond donors (Lipinski definition) is 1. The van der Waals surface area contributed by atoms with E-state index in [2.05, 4.69) is 17.6 Å². The van der Waals surface area contributed by atoms with Gasteiger partial charge in [0.2, 0.25) is 0 Å². The van der Waals surface area contributed by atoms with Gasteiger partial charge in [-0.25, -0.2) is 0 Å². The first-order valence-corrected chi connectivity index (χ1v) is 7.11. The lowest BCUT2D eigenvalue weighted by Gasteiger charge is -2.09. The van der Waals surface area contributed by atoms with Crippen molar-refractivity contribution in [3.63, 3.8) is 0 Å². The molecule has 1 aromatic carbocycles. The predicted octanol–water partition coefficient (Wildman–Crippen LogP) is 3.95. The van der Waals surface area contributed by atoms with E-state index >= 15 is 0 Å². The molecule has 0 amide bonds. The Labute approximate surface area is 103 Å². The average Bonchev–Trinajstić information content (AvgIpc) is 2.72. The number of allylic oxidation sites excluding steroid dienone is 1. The molecule has 1 unspecified atom stereocenters. The number of rotatable bonds is 4. The summed E-state index contributed by atoms with van der Waals surface area (Å²) < 4.78 is 0. The monoisotopic (exact) mass is 249 g/mol. The van der Waals surface area contributed by atoms with Gasteiger partial charge in [-0.3, -0.25) is 10.1 Å². The van der Waals surface area contributed by atoms with Crippen LogP contribution in [-0.4, -0.2) is 4.92 Å². The van der Waals surface area contributed by atoms with Gasteiger partial charge in [0.15, 0.2) is 0 Å².